The van der Waals surface area contributed by atoms with Crippen LogP contribution in [0.25, 0.3) is 67.3 Å². The zero-order valence-electron chi connectivity index (χ0n) is 34.7. The van der Waals surface area contributed by atoms with E-state index < -0.39 is 5.41 Å². The Labute approximate surface area is 372 Å². The van der Waals surface area contributed by atoms with Crippen LogP contribution in [0.3, 0.4) is 0 Å². The molecule has 1 aromatic heterocycles. The number of benzene rings is 9. The monoisotopic (exact) mass is 817 g/mol. The minimum absolute atomic E-state index is 0.0356. The van der Waals surface area contributed by atoms with E-state index in [-0.39, 0.29) is 6.04 Å². The quantitative estimate of drug-likeness (QED) is 0.188. The third-order valence-electron chi connectivity index (χ3n) is 13.4. The first kappa shape index (κ1) is 36.3. The lowest BCUT2D eigenvalue weighted by atomic mass is 9.65. The van der Waals surface area contributed by atoms with Gasteiger partial charge in [-0.1, -0.05) is 200 Å². The van der Waals surface area contributed by atoms with Gasteiger partial charge in [0, 0.05) is 39.1 Å². The molecule has 1 aliphatic carbocycles. The maximum absolute atomic E-state index is 6.76. The van der Waals surface area contributed by atoms with E-state index in [1.807, 2.05) is 24.3 Å². The van der Waals surface area contributed by atoms with Gasteiger partial charge in [0.05, 0.1) is 22.8 Å². The highest BCUT2D eigenvalue weighted by molar-refractivity contribution is 6.06. The zero-order valence-corrected chi connectivity index (χ0v) is 34.7. The van der Waals surface area contributed by atoms with E-state index in [1.165, 1.54) is 50.1 Å². The number of nitrogens with zero attached hydrogens (tertiary/aromatic N) is 2. The van der Waals surface area contributed by atoms with Crippen LogP contribution in [0, 0.1) is 0 Å². The summed E-state index contributed by atoms with van der Waals surface area (Å²) in [6, 6.07) is 80.3. The smallest absolute Gasteiger partial charge is 0.160 e. The summed E-state index contributed by atoms with van der Waals surface area (Å²) in [6.45, 7) is 0. The normalized spacial score (nSPS) is 14.5. The van der Waals surface area contributed by atoms with E-state index in [1.54, 1.807) is 0 Å². The second-order valence-corrected chi connectivity index (χ2v) is 16.8. The van der Waals surface area contributed by atoms with Crippen molar-refractivity contribution in [3.8, 4) is 78.8 Å². The molecular weight excluding hydrogens is 779 g/mol. The predicted octanol–water partition coefficient (Wildman–Crippen LogP) is 14.8. The van der Waals surface area contributed by atoms with Gasteiger partial charge in [-0.2, -0.15) is 0 Å². The van der Waals surface area contributed by atoms with Gasteiger partial charge in [-0.15, -0.1) is 0 Å². The first-order valence-corrected chi connectivity index (χ1v) is 21.9. The lowest BCUT2D eigenvalue weighted by Crippen LogP contribution is -2.32. The number of hydrogen-bond donors (Lipinski definition) is 1. The molecule has 300 valence electrons. The zero-order chi connectivity index (χ0) is 42.2. The van der Waals surface area contributed by atoms with Crippen molar-refractivity contribution in [2.75, 3.05) is 5.32 Å². The minimum Gasteiger partial charge on any atom is -0.457 e. The molecule has 2 aliphatic heterocycles. The summed E-state index contributed by atoms with van der Waals surface area (Å²) in [5, 5.41) is 3.95. The Balaban J connectivity index is 1.06. The topological polar surface area (TPSA) is 47.0 Å². The van der Waals surface area contributed by atoms with Crippen molar-refractivity contribution in [3.63, 3.8) is 0 Å². The largest absolute Gasteiger partial charge is 0.457 e. The maximum atomic E-state index is 6.76. The molecule has 1 spiro atoms. The molecule has 0 saturated carbocycles. The third-order valence-corrected chi connectivity index (χ3v) is 13.4. The molecule has 0 fully saturated rings. The van der Waals surface area contributed by atoms with Gasteiger partial charge in [0.1, 0.15) is 11.5 Å². The number of ether oxygens (including phenoxy) is 1. The molecule has 3 heterocycles. The number of anilines is 1. The Kier molecular flexibility index (Phi) is 8.16. The van der Waals surface area contributed by atoms with Crippen LogP contribution in [0.4, 0.5) is 5.69 Å². The van der Waals surface area contributed by atoms with Gasteiger partial charge in [0.25, 0.3) is 0 Å². The van der Waals surface area contributed by atoms with Gasteiger partial charge in [0.2, 0.25) is 0 Å². The fraction of sp³-hybridized carbons (Fsp3) is 0.0333. The maximum Gasteiger partial charge on any atom is 0.160 e. The lowest BCUT2D eigenvalue weighted by Gasteiger charge is -2.40. The molecule has 1 unspecified atom stereocenters. The molecule has 0 amide bonds. The molecule has 3 aliphatic rings. The van der Waals surface area contributed by atoms with Crippen LogP contribution in [0.2, 0.25) is 0 Å². The Morgan fingerprint density at radius 1 is 0.391 bits per heavy atom. The van der Waals surface area contributed by atoms with Crippen LogP contribution in [-0.4, -0.2) is 9.97 Å². The van der Waals surface area contributed by atoms with E-state index in [4.69, 9.17) is 14.7 Å². The van der Waals surface area contributed by atoms with E-state index in [0.29, 0.717) is 5.82 Å². The van der Waals surface area contributed by atoms with Crippen molar-refractivity contribution < 1.29 is 4.74 Å². The number of aromatic nitrogens is 2. The van der Waals surface area contributed by atoms with E-state index in [9.17, 15) is 0 Å². The highest BCUT2D eigenvalue weighted by Gasteiger charge is 2.53. The second-order valence-electron chi connectivity index (χ2n) is 16.8. The summed E-state index contributed by atoms with van der Waals surface area (Å²) >= 11 is 0. The summed E-state index contributed by atoms with van der Waals surface area (Å²) in [4.78, 5) is 10.2. The van der Waals surface area contributed by atoms with Crippen LogP contribution in [0.5, 0.6) is 11.5 Å². The Bertz CT molecular complexity index is 3330. The van der Waals surface area contributed by atoms with Gasteiger partial charge in [-0.25, -0.2) is 9.97 Å². The van der Waals surface area contributed by atoms with Gasteiger partial charge in [-0.05, 0) is 74.3 Å². The first-order valence-electron chi connectivity index (χ1n) is 21.9. The Morgan fingerprint density at radius 3 is 1.62 bits per heavy atom. The van der Waals surface area contributed by atoms with Crippen molar-refractivity contribution in [3.05, 3.63) is 258 Å². The number of fused-ring (bicyclic) bond motifs is 13. The standard InChI is InChI=1S/C60H39N3O/c1-4-17-39(18-5-1)51-37-52(63-59(62-51)42-21-8-3-9-22-42)40-33-31-38(32-34-40)43-24-16-27-48-56(43)57-49(60(48)46-25-11-14-29-53(46)64-54-30-15-12-26-47(54)60)36-35-45-55(57)44-23-10-13-28-50(44)61-58(45)41-19-6-2-7-20-41/h1-37,58,61H. The van der Waals surface area contributed by atoms with E-state index in [0.717, 1.165) is 62.0 Å². The molecule has 9 aromatic carbocycles. The molecule has 10 aromatic rings. The summed E-state index contributed by atoms with van der Waals surface area (Å²) in [5.41, 5.74) is 19.9. The summed E-state index contributed by atoms with van der Waals surface area (Å²) in [6.07, 6.45) is 0. The van der Waals surface area contributed by atoms with E-state index in [2.05, 4.69) is 206 Å². The SMILES string of the molecule is c1ccc(-c2cc(-c3ccc(-c4cccc5c4-c4c(ccc6c4-c4ccccc4NC6c4ccccc4)C54c5ccccc5Oc5ccccc54)cc3)nc(-c3ccccc3)n2)cc1. The highest BCUT2D eigenvalue weighted by atomic mass is 16.5. The van der Waals surface area contributed by atoms with Crippen molar-refractivity contribution in [1.82, 2.24) is 9.97 Å². The lowest BCUT2D eigenvalue weighted by molar-refractivity contribution is 0.436. The number of para-hydroxylation sites is 3. The summed E-state index contributed by atoms with van der Waals surface area (Å²) < 4.78 is 6.76. The molecule has 4 heteroatoms. The van der Waals surface area contributed by atoms with Crippen molar-refractivity contribution in [1.29, 1.82) is 0 Å². The minimum atomic E-state index is -0.633. The average Bonchev–Trinajstić information content (AvgIpc) is 3.67. The molecule has 64 heavy (non-hydrogen) atoms. The van der Waals surface area contributed by atoms with Gasteiger partial charge in [0.15, 0.2) is 5.82 Å². The number of rotatable bonds is 5. The third kappa shape index (κ3) is 5.42. The molecule has 4 nitrogen and oxygen atoms in total. The second kappa shape index (κ2) is 14.4. The van der Waals surface area contributed by atoms with Crippen LogP contribution in [0.1, 0.15) is 39.4 Å². The Morgan fingerprint density at radius 2 is 0.922 bits per heavy atom. The van der Waals surface area contributed by atoms with Gasteiger partial charge < -0.3 is 10.1 Å². The van der Waals surface area contributed by atoms with Crippen LogP contribution in [0.15, 0.2) is 224 Å². The number of hydrogen-bond acceptors (Lipinski definition) is 4. The average molecular weight is 818 g/mol. The fourth-order valence-corrected chi connectivity index (χ4v) is 10.7. The predicted molar refractivity (Wildman–Crippen MR) is 258 cm³/mol. The van der Waals surface area contributed by atoms with Crippen molar-refractivity contribution in [2.24, 2.45) is 0 Å². The van der Waals surface area contributed by atoms with Crippen LogP contribution < -0.4 is 10.1 Å². The molecular formula is C60H39N3O. The van der Waals surface area contributed by atoms with Crippen molar-refractivity contribution >= 4 is 5.69 Å². The van der Waals surface area contributed by atoms with Crippen molar-refractivity contribution in [2.45, 2.75) is 11.5 Å². The molecule has 0 saturated heterocycles. The summed E-state index contributed by atoms with van der Waals surface area (Å²) in [7, 11) is 0. The summed E-state index contributed by atoms with van der Waals surface area (Å²) in [5.74, 6) is 2.46. The molecule has 1 atom stereocenters. The molecule has 0 bridgehead atoms. The van der Waals surface area contributed by atoms with Crippen LogP contribution in [-0.2, 0) is 5.41 Å². The molecule has 0 radical (unpaired) electrons. The molecule has 1 N–H and O–H groups in total. The van der Waals surface area contributed by atoms with Gasteiger partial charge >= 0.3 is 0 Å². The number of nitrogens with one attached hydrogen (secondary N) is 1. The molecule has 13 rings (SSSR count). The van der Waals surface area contributed by atoms with E-state index >= 15 is 0 Å². The first-order chi connectivity index (χ1) is 31.7. The van der Waals surface area contributed by atoms with Gasteiger partial charge in [-0.3, -0.25) is 0 Å². The fourth-order valence-electron chi connectivity index (χ4n) is 10.7. The highest BCUT2D eigenvalue weighted by Crippen LogP contribution is 2.66. The van der Waals surface area contributed by atoms with Crippen LogP contribution >= 0.6 is 0 Å². The Hall–Kier alpha value is -8.34.